The molecule has 1 rings (SSSR count). The molecule has 0 aliphatic heterocycles. The minimum absolute atomic E-state index is 0.171. The molecular formula is C8H14O. The fourth-order valence-electron chi connectivity index (χ4n) is 1.16. The van der Waals surface area contributed by atoms with Crippen molar-refractivity contribution in [3.05, 3.63) is 12.2 Å². The van der Waals surface area contributed by atoms with Crippen molar-refractivity contribution in [3.8, 4) is 0 Å². The second kappa shape index (κ2) is 3.02. The molecule has 2 atom stereocenters. The first-order valence-corrected chi connectivity index (χ1v) is 3.65. The standard InChI is InChI=1S/C8H14O/c1-7-3-2-4-8(9)6-5-7/h5-9H,2-4H2,1H3. The van der Waals surface area contributed by atoms with Gasteiger partial charge >= 0.3 is 0 Å². The van der Waals surface area contributed by atoms with Gasteiger partial charge in [0, 0.05) is 0 Å². The molecule has 0 radical (unpaired) electrons. The SMILES string of the molecule is CC1C=CC(O)CCC1. The number of hydrogen-bond donors (Lipinski definition) is 1. The van der Waals surface area contributed by atoms with E-state index in [2.05, 4.69) is 13.0 Å². The molecule has 0 aromatic carbocycles. The Labute approximate surface area is 56.4 Å². The fraction of sp³-hybridized carbons (Fsp3) is 0.750. The lowest BCUT2D eigenvalue weighted by Gasteiger charge is -2.00. The van der Waals surface area contributed by atoms with Crippen LogP contribution in [0, 0.1) is 5.92 Å². The van der Waals surface area contributed by atoms with Crippen LogP contribution in [0.15, 0.2) is 12.2 Å². The summed E-state index contributed by atoms with van der Waals surface area (Å²) in [5.41, 5.74) is 0. The van der Waals surface area contributed by atoms with Crippen LogP contribution in [-0.4, -0.2) is 11.2 Å². The molecule has 0 aromatic rings. The van der Waals surface area contributed by atoms with Crippen molar-refractivity contribution in [2.24, 2.45) is 5.92 Å². The molecule has 0 amide bonds. The van der Waals surface area contributed by atoms with Gasteiger partial charge in [0.05, 0.1) is 6.10 Å². The highest BCUT2D eigenvalue weighted by molar-refractivity contribution is 4.94. The highest BCUT2D eigenvalue weighted by Gasteiger charge is 2.06. The number of rotatable bonds is 0. The van der Waals surface area contributed by atoms with Crippen molar-refractivity contribution in [1.29, 1.82) is 0 Å². The van der Waals surface area contributed by atoms with Crippen LogP contribution < -0.4 is 0 Å². The summed E-state index contributed by atoms with van der Waals surface area (Å²) >= 11 is 0. The van der Waals surface area contributed by atoms with E-state index in [1.807, 2.05) is 6.08 Å². The lowest BCUT2D eigenvalue weighted by Crippen LogP contribution is -1.98. The van der Waals surface area contributed by atoms with E-state index in [0.717, 1.165) is 12.8 Å². The zero-order valence-electron chi connectivity index (χ0n) is 5.88. The molecule has 0 fully saturated rings. The van der Waals surface area contributed by atoms with Crippen molar-refractivity contribution in [1.82, 2.24) is 0 Å². The van der Waals surface area contributed by atoms with Crippen LogP contribution >= 0.6 is 0 Å². The topological polar surface area (TPSA) is 20.2 Å². The van der Waals surface area contributed by atoms with Crippen molar-refractivity contribution in [3.63, 3.8) is 0 Å². The largest absolute Gasteiger partial charge is 0.389 e. The molecule has 2 unspecified atom stereocenters. The van der Waals surface area contributed by atoms with Gasteiger partial charge in [-0.1, -0.05) is 19.1 Å². The number of hydrogen-bond acceptors (Lipinski definition) is 1. The Balaban J connectivity index is 2.43. The smallest absolute Gasteiger partial charge is 0.0721 e. The van der Waals surface area contributed by atoms with Gasteiger partial charge in [0.15, 0.2) is 0 Å². The molecular weight excluding hydrogens is 112 g/mol. The van der Waals surface area contributed by atoms with Crippen LogP contribution in [0.1, 0.15) is 26.2 Å². The van der Waals surface area contributed by atoms with E-state index in [9.17, 15) is 0 Å². The fourth-order valence-corrected chi connectivity index (χ4v) is 1.16. The average Bonchev–Trinajstić information content (AvgIpc) is 1.97. The summed E-state index contributed by atoms with van der Waals surface area (Å²) in [4.78, 5) is 0. The lowest BCUT2D eigenvalue weighted by molar-refractivity contribution is 0.211. The summed E-state index contributed by atoms with van der Waals surface area (Å²) in [7, 11) is 0. The van der Waals surface area contributed by atoms with Crippen LogP contribution in [-0.2, 0) is 0 Å². The molecule has 1 N–H and O–H groups in total. The van der Waals surface area contributed by atoms with Crippen molar-refractivity contribution in [2.45, 2.75) is 32.3 Å². The van der Waals surface area contributed by atoms with E-state index in [-0.39, 0.29) is 6.10 Å². The van der Waals surface area contributed by atoms with Gasteiger partial charge in [0.25, 0.3) is 0 Å². The molecule has 0 bridgehead atoms. The molecule has 1 nitrogen and oxygen atoms in total. The second-order valence-electron chi connectivity index (χ2n) is 2.86. The molecule has 9 heavy (non-hydrogen) atoms. The van der Waals surface area contributed by atoms with Crippen LogP contribution in [0.4, 0.5) is 0 Å². The van der Waals surface area contributed by atoms with Crippen LogP contribution in [0.2, 0.25) is 0 Å². The molecule has 0 saturated heterocycles. The van der Waals surface area contributed by atoms with Crippen LogP contribution in [0.3, 0.4) is 0 Å². The van der Waals surface area contributed by atoms with Gasteiger partial charge in [0.2, 0.25) is 0 Å². The van der Waals surface area contributed by atoms with E-state index >= 15 is 0 Å². The Kier molecular flexibility index (Phi) is 2.29. The van der Waals surface area contributed by atoms with Gasteiger partial charge in [-0.15, -0.1) is 0 Å². The minimum atomic E-state index is -0.171. The molecule has 0 spiro atoms. The first-order chi connectivity index (χ1) is 4.29. The predicted octanol–water partition coefficient (Wildman–Crippen LogP) is 1.72. The first kappa shape index (κ1) is 6.81. The summed E-state index contributed by atoms with van der Waals surface area (Å²) in [5, 5.41) is 9.12. The van der Waals surface area contributed by atoms with Crippen LogP contribution in [0.5, 0.6) is 0 Å². The molecule has 52 valence electrons. The quantitative estimate of drug-likeness (QED) is 0.490. The third-order valence-electron chi connectivity index (χ3n) is 1.82. The van der Waals surface area contributed by atoms with E-state index < -0.39 is 0 Å². The monoisotopic (exact) mass is 126 g/mol. The summed E-state index contributed by atoms with van der Waals surface area (Å²) in [6.45, 7) is 2.19. The zero-order chi connectivity index (χ0) is 6.69. The summed E-state index contributed by atoms with van der Waals surface area (Å²) in [6.07, 6.45) is 7.19. The average molecular weight is 126 g/mol. The predicted molar refractivity (Wildman–Crippen MR) is 38.2 cm³/mol. The van der Waals surface area contributed by atoms with Gasteiger partial charge in [-0.2, -0.15) is 0 Å². The van der Waals surface area contributed by atoms with E-state index in [0.29, 0.717) is 5.92 Å². The lowest BCUT2D eigenvalue weighted by atomic mass is 10.1. The van der Waals surface area contributed by atoms with E-state index in [1.54, 1.807) is 0 Å². The van der Waals surface area contributed by atoms with E-state index in [1.165, 1.54) is 6.42 Å². The number of aliphatic hydroxyl groups excluding tert-OH is 1. The van der Waals surface area contributed by atoms with Crippen LogP contribution in [0.25, 0.3) is 0 Å². The maximum absolute atomic E-state index is 9.12. The summed E-state index contributed by atoms with van der Waals surface area (Å²) in [5.74, 6) is 0.669. The number of allylic oxidation sites excluding steroid dienone is 1. The third kappa shape index (κ3) is 2.19. The highest BCUT2D eigenvalue weighted by atomic mass is 16.3. The normalized spacial score (nSPS) is 36.2. The zero-order valence-corrected chi connectivity index (χ0v) is 5.88. The second-order valence-corrected chi connectivity index (χ2v) is 2.86. The van der Waals surface area contributed by atoms with Crippen molar-refractivity contribution in [2.75, 3.05) is 0 Å². The molecule has 1 heteroatoms. The third-order valence-corrected chi connectivity index (χ3v) is 1.82. The van der Waals surface area contributed by atoms with Gasteiger partial charge in [-0.25, -0.2) is 0 Å². The van der Waals surface area contributed by atoms with Gasteiger partial charge in [-0.3, -0.25) is 0 Å². The Morgan fingerprint density at radius 1 is 1.33 bits per heavy atom. The van der Waals surface area contributed by atoms with Crippen molar-refractivity contribution >= 4 is 0 Å². The maximum Gasteiger partial charge on any atom is 0.0721 e. The van der Waals surface area contributed by atoms with Gasteiger partial charge in [-0.05, 0) is 25.2 Å². The van der Waals surface area contributed by atoms with Gasteiger partial charge < -0.3 is 5.11 Å². The van der Waals surface area contributed by atoms with Gasteiger partial charge in [0.1, 0.15) is 0 Å². The Morgan fingerprint density at radius 2 is 2.11 bits per heavy atom. The summed E-state index contributed by atoms with van der Waals surface area (Å²) < 4.78 is 0. The Bertz CT molecular complexity index is 95.1. The Morgan fingerprint density at radius 3 is 2.89 bits per heavy atom. The molecule has 1 aliphatic rings. The van der Waals surface area contributed by atoms with E-state index in [4.69, 9.17) is 5.11 Å². The molecule has 0 heterocycles. The number of aliphatic hydroxyl groups is 1. The minimum Gasteiger partial charge on any atom is -0.389 e. The maximum atomic E-state index is 9.12. The first-order valence-electron chi connectivity index (χ1n) is 3.65. The van der Waals surface area contributed by atoms with Crippen molar-refractivity contribution < 1.29 is 5.11 Å². The Hall–Kier alpha value is -0.300. The molecule has 1 aliphatic carbocycles. The summed E-state index contributed by atoms with van der Waals surface area (Å²) in [6, 6.07) is 0. The molecule has 0 aromatic heterocycles. The molecule has 0 saturated carbocycles. The highest BCUT2D eigenvalue weighted by Crippen LogP contribution is 2.15.